The van der Waals surface area contributed by atoms with Crippen molar-refractivity contribution in [3.63, 3.8) is 0 Å². The molecule has 3 amide bonds. The molecule has 2 atom stereocenters. The number of nitrogens with one attached hydrogen (secondary N) is 3. The van der Waals surface area contributed by atoms with Gasteiger partial charge in [0.1, 0.15) is 17.3 Å². The van der Waals surface area contributed by atoms with Gasteiger partial charge in [0.15, 0.2) is 11.6 Å². The van der Waals surface area contributed by atoms with Crippen LogP contribution in [0.4, 0.5) is 14.9 Å². The number of thiazole rings is 1. The second-order valence-electron chi connectivity index (χ2n) is 8.66. The number of benzene rings is 2. The summed E-state index contributed by atoms with van der Waals surface area (Å²) in [6, 6.07) is 11.3. The van der Waals surface area contributed by atoms with E-state index < -0.39 is 5.82 Å². The molecule has 1 saturated carbocycles. The fraction of sp³-hybridized carbons (Fsp3) is 0.346. The number of amides is 3. The fourth-order valence-corrected chi connectivity index (χ4v) is 4.80. The highest BCUT2D eigenvalue weighted by Gasteiger charge is 2.29. The van der Waals surface area contributed by atoms with Gasteiger partial charge >= 0.3 is 6.03 Å². The van der Waals surface area contributed by atoms with E-state index in [4.69, 9.17) is 4.74 Å². The summed E-state index contributed by atoms with van der Waals surface area (Å²) >= 11 is 1.28. The third-order valence-electron chi connectivity index (χ3n) is 6.22. The molecule has 1 aromatic heterocycles. The van der Waals surface area contributed by atoms with E-state index in [9.17, 15) is 14.0 Å². The Morgan fingerprint density at radius 2 is 1.80 bits per heavy atom. The van der Waals surface area contributed by atoms with Crippen LogP contribution in [0.3, 0.4) is 0 Å². The zero-order valence-corrected chi connectivity index (χ0v) is 20.6. The lowest BCUT2D eigenvalue weighted by atomic mass is 9.90. The Hall–Kier alpha value is -3.46. The molecular formula is C26H29FN4O3S. The van der Waals surface area contributed by atoms with Crippen LogP contribution in [-0.4, -0.2) is 29.0 Å². The van der Waals surface area contributed by atoms with Gasteiger partial charge in [-0.3, -0.25) is 4.79 Å². The van der Waals surface area contributed by atoms with Gasteiger partial charge in [-0.05, 0) is 56.0 Å². The molecule has 184 valence electrons. The van der Waals surface area contributed by atoms with Crippen molar-refractivity contribution in [2.24, 2.45) is 0 Å². The molecule has 0 saturated heterocycles. The Morgan fingerprint density at radius 1 is 1.06 bits per heavy atom. The molecule has 0 aliphatic heterocycles. The van der Waals surface area contributed by atoms with Gasteiger partial charge in [0.25, 0.3) is 5.91 Å². The molecule has 0 radical (unpaired) electrons. The molecule has 1 heterocycles. The smallest absolute Gasteiger partial charge is 0.319 e. The second kappa shape index (κ2) is 11.3. The standard InChI is InChI=1S/C26H29FN4O3S/c1-16-8-7-12-19(17(16)2)30-26(33)31-21-11-5-4-10-20(21)29-25(32)22-15-35-24(28-22)14-34-23-13-6-3-9-18(23)27/h3,6-9,12-13,15,20-21H,4-5,10-11,14H2,1-2H3,(H,29,32)(H2,30,31,33)/t20-,21+/m0/s1. The van der Waals surface area contributed by atoms with Crippen LogP contribution in [0.2, 0.25) is 0 Å². The first-order chi connectivity index (χ1) is 16.9. The third kappa shape index (κ3) is 6.36. The van der Waals surface area contributed by atoms with Crippen molar-refractivity contribution in [1.29, 1.82) is 0 Å². The number of urea groups is 1. The van der Waals surface area contributed by atoms with Crippen LogP contribution < -0.4 is 20.7 Å². The quantitative estimate of drug-likeness (QED) is 0.412. The SMILES string of the molecule is Cc1cccc(NC(=O)N[C@@H]2CCCC[C@@H]2NC(=O)c2csc(COc3ccccc3F)n2)c1C. The highest BCUT2D eigenvalue weighted by Crippen LogP contribution is 2.22. The molecule has 1 fully saturated rings. The van der Waals surface area contributed by atoms with Crippen LogP contribution in [-0.2, 0) is 6.61 Å². The number of anilines is 1. The second-order valence-corrected chi connectivity index (χ2v) is 9.61. The number of rotatable bonds is 7. The number of halogens is 1. The van der Waals surface area contributed by atoms with Crippen LogP contribution in [0.5, 0.6) is 5.75 Å². The summed E-state index contributed by atoms with van der Waals surface area (Å²) < 4.78 is 19.2. The maximum absolute atomic E-state index is 13.7. The van der Waals surface area contributed by atoms with Crippen molar-refractivity contribution in [3.8, 4) is 5.75 Å². The Morgan fingerprint density at radius 3 is 2.57 bits per heavy atom. The zero-order chi connectivity index (χ0) is 24.8. The molecule has 35 heavy (non-hydrogen) atoms. The monoisotopic (exact) mass is 496 g/mol. The van der Waals surface area contributed by atoms with E-state index in [0.29, 0.717) is 5.01 Å². The first-order valence-electron chi connectivity index (χ1n) is 11.7. The number of nitrogens with zero attached hydrogens (tertiary/aromatic N) is 1. The van der Waals surface area contributed by atoms with Crippen molar-refractivity contribution in [2.75, 3.05) is 5.32 Å². The maximum Gasteiger partial charge on any atom is 0.319 e. The van der Waals surface area contributed by atoms with Gasteiger partial charge in [-0.25, -0.2) is 14.2 Å². The number of aryl methyl sites for hydroxylation is 1. The van der Waals surface area contributed by atoms with Crippen molar-refractivity contribution >= 4 is 29.0 Å². The van der Waals surface area contributed by atoms with Gasteiger partial charge < -0.3 is 20.7 Å². The van der Waals surface area contributed by atoms with E-state index in [1.165, 1.54) is 17.4 Å². The van der Waals surface area contributed by atoms with Crippen LogP contribution in [0, 0.1) is 19.7 Å². The lowest BCUT2D eigenvalue weighted by Gasteiger charge is -2.32. The number of ether oxygens (including phenoxy) is 1. The van der Waals surface area contributed by atoms with Crippen molar-refractivity contribution in [3.05, 3.63) is 75.5 Å². The Kier molecular flexibility index (Phi) is 7.97. The van der Waals surface area contributed by atoms with Crippen molar-refractivity contribution < 1.29 is 18.7 Å². The van der Waals surface area contributed by atoms with E-state index in [2.05, 4.69) is 20.9 Å². The molecule has 3 aromatic rings. The Labute approximate surface area is 208 Å². The number of carbonyl (C=O) groups excluding carboxylic acids is 2. The normalized spacial score (nSPS) is 17.5. The van der Waals surface area contributed by atoms with Gasteiger partial charge in [-0.1, -0.05) is 37.1 Å². The molecule has 0 spiro atoms. The number of hydrogen-bond donors (Lipinski definition) is 3. The van der Waals surface area contributed by atoms with Crippen LogP contribution in [0.1, 0.15) is 52.3 Å². The van der Waals surface area contributed by atoms with Crippen LogP contribution in [0.25, 0.3) is 0 Å². The van der Waals surface area contributed by atoms with Gasteiger partial charge in [-0.15, -0.1) is 11.3 Å². The first kappa shape index (κ1) is 24.7. The van der Waals surface area contributed by atoms with Crippen molar-refractivity contribution in [2.45, 2.75) is 58.2 Å². The Bertz CT molecular complexity index is 1200. The molecule has 7 nitrogen and oxygen atoms in total. The summed E-state index contributed by atoms with van der Waals surface area (Å²) in [7, 11) is 0. The minimum Gasteiger partial charge on any atom is -0.483 e. The minimum absolute atomic E-state index is 0.0744. The zero-order valence-electron chi connectivity index (χ0n) is 19.8. The van der Waals surface area contributed by atoms with E-state index in [-0.39, 0.29) is 42.1 Å². The minimum atomic E-state index is -0.445. The average Bonchev–Trinajstić information content (AvgIpc) is 3.32. The lowest BCUT2D eigenvalue weighted by Crippen LogP contribution is -2.54. The van der Waals surface area contributed by atoms with Gasteiger partial charge in [0.05, 0.1) is 6.04 Å². The summed E-state index contributed by atoms with van der Waals surface area (Å²) in [5.41, 5.74) is 3.18. The van der Waals surface area contributed by atoms with E-state index in [1.807, 2.05) is 32.0 Å². The van der Waals surface area contributed by atoms with E-state index in [0.717, 1.165) is 42.5 Å². The summed E-state index contributed by atoms with van der Waals surface area (Å²) in [5, 5.41) is 11.2. The molecular weight excluding hydrogens is 467 g/mol. The highest BCUT2D eigenvalue weighted by atomic mass is 32.1. The molecule has 1 aliphatic carbocycles. The number of para-hydroxylation sites is 1. The van der Waals surface area contributed by atoms with E-state index in [1.54, 1.807) is 23.6 Å². The van der Waals surface area contributed by atoms with Gasteiger partial charge in [-0.2, -0.15) is 0 Å². The van der Waals surface area contributed by atoms with Crippen molar-refractivity contribution in [1.82, 2.24) is 15.6 Å². The van der Waals surface area contributed by atoms with Crippen LogP contribution in [0.15, 0.2) is 47.8 Å². The third-order valence-corrected chi connectivity index (χ3v) is 7.05. The predicted molar refractivity (Wildman–Crippen MR) is 134 cm³/mol. The summed E-state index contributed by atoms with van der Waals surface area (Å²) in [6.07, 6.45) is 3.51. The molecule has 1 aliphatic rings. The Balaban J connectivity index is 1.33. The molecule has 4 rings (SSSR count). The maximum atomic E-state index is 13.7. The number of hydrogen-bond acceptors (Lipinski definition) is 5. The average molecular weight is 497 g/mol. The van der Waals surface area contributed by atoms with Gasteiger partial charge in [0, 0.05) is 17.1 Å². The predicted octanol–water partition coefficient (Wildman–Crippen LogP) is 5.34. The molecule has 0 bridgehead atoms. The summed E-state index contributed by atoms with van der Waals surface area (Å²) in [6.45, 7) is 4.05. The topological polar surface area (TPSA) is 92.4 Å². The largest absolute Gasteiger partial charge is 0.483 e. The number of carbonyl (C=O) groups is 2. The molecule has 0 unspecified atom stereocenters. The highest BCUT2D eigenvalue weighted by molar-refractivity contribution is 7.09. The number of aromatic nitrogens is 1. The molecule has 3 N–H and O–H groups in total. The lowest BCUT2D eigenvalue weighted by molar-refractivity contribution is 0.0911. The van der Waals surface area contributed by atoms with E-state index >= 15 is 0 Å². The molecule has 2 aromatic carbocycles. The fourth-order valence-electron chi connectivity index (χ4n) is 4.11. The summed E-state index contributed by atoms with van der Waals surface area (Å²) in [4.78, 5) is 29.9. The summed E-state index contributed by atoms with van der Waals surface area (Å²) in [5.74, 6) is -0.601. The van der Waals surface area contributed by atoms with Gasteiger partial charge in [0.2, 0.25) is 0 Å². The molecule has 9 heteroatoms. The first-order valence-corrected chi connectivity index (χ1v) is 12.5. The van der Waals surface area contributed by atoms with Crippen LogP contribution >= 0.6 is 11.3 Å².